The molecule has 0 spiro atoms. The van der Waals surface area contributed by atoms with Gasteiger partial charge in [-0.3, -0.25) is 0 Å². The predicted octanol–water partition coefficient (Wildman–Crippen LogP) is 4.47. The zero-order chi connectivity index (χ0) is 15.2. The lowest BCUT2D eigenvalue weighted by molar-refractivity contribution is 0.135. The Balaban J connectivity index is 2.10. The summed E-state index contributed by atoms with van der Waals surface area (Å²) >= 11 is 8.73. The van der Waals surface area contributed by atoms with Crippen LogP contribution in [0.5, 0.6) is 0 Å². The molecule has 1 aliphatic carbocycles. The van der Waals surface area contributed by atoms with Gasteiger partial charge in [0.2, 0.25) is 0 Å². The first-order chi connectivity index (χ1) is 9.93. The molecule has 1 aliphatic rings. The molecule has 0 radical (unpaired) electrons. The normalized spacial score (nSPS) is 18.0. The van der Waals surface area contributed by atoms with Crippen LogP contribution < -0.4 is 0 Å². The summed E-state index contributed by atoms with van der Waals surface area (Å²) in [5.41, 5.74) is 1.86. The lowest BCUT2D eigenvalue weighted by Gasteiger charge is -2.36. The second-order valence-electron chi connectivity index (χ2n) is 6.13. The molecule has 21 heavy (non-hydrogen) atoms. The van der Waals surface area contributed by atoms with Crippen molar-refractivity contribution in [2.24, 2.45) is 0 Å². The van der Waals surface area contributed by atoms with Crippen LogP contribution in [-0.4, -0.2) is 34.1 Å². The van der Waals surface area contributed by atoms with E-state index in [0.29, 0.717) is 9.24 Å². The SMILES string of the molecule is CN(C)C1(Cn2c(=S)[nH]c3cc(F)c(Br)cc32)CCCC1. The smallest absolute Gasteiger partial charge is 0.178 e. The molecule has 3 rings (SSSR count). The Morgan fingerprint density at radius 3 is 2.67 bits per heavy atom. The summed E-state index contributed by atoms with van der Waals surface area (Å²) in [7, 11) is 4.28. The van der Waals surface area contributed by atoms with Crippen molar-refractivity contribution < 1.29 is 4.39 Å². The van der Waals surface area contributed by atoms with Crippen LogP contribution in [0.15, 0.2) is 16.6 Å². The molecule has 1 heterocycles. The molecule has 0 unspecified atom stereocenters. The largest absolute Gasteiger partial charge is 0.330 e. The quantitative estimate of drug-likeness (QED) is 0.804. The third kappa shape index (κ3) is 2.58. The number of aromatic nitrogens is 2. The summed E-state index contributed by atoms with van der Waals surface area (Å²) in [6.45, 7) is 0.844. The Morgan fingerprint density at radius 2 is 2.05 bits per heavy atom. The molecule has 1 saturated carbocycles. The standard InChI is InChI=1S/C15H19BrFN3S/c1-19(2)15(5-3-4-6-15)9-20-13-7-10(16)11(17)8-12(13)18-14(20)21/h7-8H,3-6,9H2,1-2H3,(H,18,21). The zero-order valence-electron chi connectivity index (χ0n) is 12.2. The molecule has 1 aromatic heterocycles. The van der Waals surface area contributed by atoms with E-state index in [1.165, 1.54) is 31.7 Å². The van der Waals surface area contributed by atoms with Crippen LogP contribution in [-0.2, 0) is 6.54 Å². The van der Waals surface area contributed by atoms with Crippen molar-refractivity contribution in [2.75, 3.05) is 14.1 Å². The summed E-state index contributed by atoms with van der Waals surface area (Å²) in [6.07, 6.45) is 4.87. The van der Waals surface area contributed by atoms with Crippen LogP contribution in [0.1, 0.15) is 25.7 Å². The van der Waals surface area contributed by atoms with Crippen molar-refractivity contribution >= 4 is 39.2 Å². The number of fused-ring (bicyclic) bond motifs is 1. The van der Waals surface area contributed by atoms with Crippen LogP contribution in [0.2, 0.25) is 0 Å². The van der Waals surface area contributed by atoms with Crippen molar-refractivity contribution in [1.82, 2.24) is 14.5 Å². The van der Waals surface area contributed by atoms with E-state index in [1.54, 1.807) is 0 Å². The second-order valence-corrected chi connectivity index (χ2v) is 7.37. The molecule has 0 bridgehead atoms. The highest BCUT2D eigenvalue weighted by atomic mass is 79.9. The number of rotatable bonds is 3. The highest BCUT2D eigenvalue weighted by molar-refractivity contribution is 9.10. The molecular formula is C15H19BrFN3S. The van der Waals surface area contributed by atoms with Gasteiger partial charge < -0.3 is 14.5 Å². The minimum absolute atomic E-state index is 0.147. The van der Waals surface area contributed by atoms with Gasteiger partial charge in [-0.05, 0) is 61.2 Å². The zero-order valence-corrected chi connectivity index (χ0v) is 14.7. The topological polar surface area (TPSA) is 24.0 Å². The second kappa shape index (κ2) is 5.48. The van der Waals surface area contributed by atoms with E-state index in [2.05, 4.69) is 44.5 Å². The fourth-order valence-electron chi connectivity index (χ4n) is 3.38. The van der Waals surface area contributed by atoms with Crippen LogP contribution in [0, 0.1) is 10.6 Å². The number of likely N-dealkylation sites (N-methyl/N-ethyl adjacent to an activating group) is 1. The van der Waals surface area contributed by atoms with E-state index in [1.807, 2.05) is 6.07 Å². The fourth-order valence-corrected chi connectivity index (χ4v) is 3.99. The molecule has 1 N–H and O–H groups in total. The highest BCUT2D eigenvalue weighted by Gasteiger charge is 2.36. The molecule has 1 aromatic carbocycles. The summed E-state index contributed by atoms with van der Waals surface area (Å²) in [6, 6.07) is 3.32. The van der Waals surface area contributed by atoms with Gasteiger partial charge in [0.1, 0.15) is 5.82 Å². The minimum Gasteiger partial charge on any atom is -0.330 e. The first-order valence-electron chi connectivity index (χ1n) is 7.18. The molecule has 0 amide bonds. The van der Waals surface area contributed by atoms with E-state index < -0.39 is 0 Å². The van der Waals surface area contributed by atoms with Gasteiger partial charge in [0.15, 0.2) is 4.77 Å². The number of halogens is 2. The van der Waals surface area contributed by atoms with E-state index in [-0.39, 0.29) is 11.4 Å². The number of nitrogens with zero attached hydrogens (tertiary/aromatic N) is 2. The highest BCUT2D eigenvalue weighted by Crippen LogP contribution is 2.36. The molecule has 0 atom stereocenters. The third-order valence-corrected chi connectivity index (χ3v) is 5.68. The maximum atomic E-state index is 13.7. The van der Waals surface area contributed by atoms with Crippen LogP contribution in [0.4, 0.5) is 4.39 Å². The summed E-state index contributed by atoms with van der Waals surface area (Å²) < 4.78 is 16.9. The molecule has 6 heteroatoms. The van der Waals surface area contributed by atoms with Crippen LogP contribution in [0.25, 0.3) is 11.0 Å². The monoisotopic (exact) mass is 371 g/mol. The molecule has 1 fully saturated rings. The van der Waals surface area contributed by atoms with E-state index in [0.717, 1.165) is 17.6 Å². The number of imidazole rings is 1. The summed E-state index contributed by atoms with van der Waals surface area (Å²) in [4.78, 5) is 5.44. The van der Waals surface area contributed by atoms with Crippen molar-refractivity contribution in [3.63, 3.8) is 0 Å². The van der Waals surface area contributed by atoms with Gasteiger partial charge in [-0.1, -0.05) is 12.8 Å². The van der Waals surface area contributed by atoms with Gasteiger partial charge in [0, 0.05) is 18.2 Å². The lowest BCUT2D eigenvalue weighted by atomic mass is 9.96. The van der Waals surface area contributed by atoms with E-state index in [9.17, 15) is 4.39 Å². The molecule has 114 valence electrons. The number of H-pyrrole nitrogens is 1. The van der Waals surface area contributed by atoms with Crippen molar-refractivity contribution in [3.8, 4) is 0 Å². The van der Waals surface area contributed by atoms with E-state index in [4.69, 9.17) is 12.2 Å². The lowest BCUT2D eigenvalue weighted by Crippen LogP contribution is -2.45. The predicted molar refractivity (Wildman–Crippen MR) is 89.7 cm³/mol. The Morgan fingerprint density at radius 1 is 1.38 bits per heavy atom. The number of nitrogens with one attached hydrogen (secondary N) is 1. The van der Waals surface area contributed by atoms with E-state index >= 15 is 0 Å². The van der Waals surface area contributed by atoms with Gasteiger partial charge in [0.25, 0.3) is 0 Å². The summed E-state index contributed by atoms with van der Waals surface area (Å²) in [5, 5.41) is 0. The maximum absolute atomic E-state index is 13.7. The Bertz CT molecular complexity index is 728. The average molecular weight is 372 g/mol. The molecule has 2 aromatic rings. The minimum atomic E-state index is -0.269. The molecule has 0 saturated heterocycles. The molecular weight excluding hydrogens is 353 g/mol. The first kappa shape index (κ1) is 15.2. The first-order valence-corrected chi connectivity index (χ1v) is 8.38. The number of hydrogen-bond donors (Lipinski definition) is 1. The van der Waals surface area contributed by atoms with Gasteiger partial charge in [-0.25, -0.2) is 4.39 Å². The third-order valence-electron chi connectivity index (χ3n) is 4.75. The van der Waals surface area contributed by atoms with Crippen LogP contribution in [0.3, 0.4) is 0 Å². The molecule has 3 nitrogen and oxygen atoms in total. The van der Waals surface area contributed by atoms with Gasteiger partial charge in [-0.2, -0.15) is 0 Å². The maximum Gasteiger partial charge on any atom is 0.178 e. The Labute approximate surface area is 137 Å². The van der Waals surface area contributed by atoms with Gasteiger partial charge in [0.05, 0.1) is 15.5 Å². The Kier molecular flexibility index (Phi) is 3.96. The van der Waals surface area contributed by atoms with Crippen LogP contribution >= 0.6 is 28.1 Å². The number of aromatic amines is 1. The summed E-state index contributed by atoms with van der Waals surface area (Å²) in [5.74, 6) is -0.269. The van der Waals surface area contributed by atoms with Crippen molar-refractivity contribution in [1.29, 1.82) is 0 Å². The van der Waals surface area contributed by atoms with Crippen molar-refractivity contribution in [3.05, 3.63) is 27.2 Å². The number of benzene rings is 1. The molecule has 0 aliphatic heterocycles. The van der Waals surface area contributed by atoms with Gasteiger partial charge in [-0.15, -0.1) is 0 Å². The van der Waals surface area contributed by atoms with Crippen molar-refractivity contribution in [2.45, 2.75) is 37.8 Å². The van der Waals surface area contributed by atoms with Gasteiger partial charge >= 0.3 is 0 Å². The number of hydrogen-bond acceptors (Lipinski definition) is 2. The average Bonchev–Trinajstić information content (AvgIpc) is 2.99. The fraction of sp³-hybridized carbons (Fsp3) is 0.533. The Hall–Kier alpha value is -0.720.